The summed E-state index contributed by atoms with van der Waals surface area (Å²) >= 11 is 0. The van der Waals surface area contributed by atoms with Crippen molar-refractivity contribution in [1.29, 1.82) is 0 Å². The van der Waals surface area contributed by atoms with Crippen molar-refractivity contribution in [2.75, 3.05) is 18.8 Å². The number of fused-ring (bicyclic) bond motifs is 1. The zero-order valence-electron chi connectivity index (χ0n) is 31.6. The fourth-order valence-corrected chi connectivity index (χ4v) is 8.97. The van der Waals surface area contributed by atoms with E-state index in [-0.39, 0.29) is 36.0 Å². The molecule has 50 heavy (non-hydrogen) atoms. The van der Waals surface area contributed by atoms with Crippen molar-refractivity contribution in [1.82, 2.24) is 26.2 Å². The van der Waals surface area contributed by atoms with Crippen LogP contribution in [0.2, 0.25) is 0 Å². The maximum Gasteiger partial charge on any atom is 0.315 e. The maximum atomic E-state index is 14.5. The minimum absolute atomic E-state index is 0.0386. The van der Waals surface area contributed by atoms with Crippen LogP contribution in [0, 0.1) is 22.7 Å². The van der Waals surface area contributed by atoms with E-state index in [0.29, 0.717) is 25.8 Å². The zero-order valence-corrected chi connectivity index (χ0v) is 32.4. The summed E-state index contributed by atoms with van der Waals surface area (Å²) in [4.78, 5) is 69.6. The van der Waals surface area contributed by atoms with Gasteiger partial charge in [-0.25, -0.2) is 13.2 Å². The third kappa shape index (κ3) is 9.36. The van der Waals surface area contributed by atoms with Gasteiger partial charge in [0.25, 0.3) is 5.91 Å². The fourth-order valence-electron chi connectivity index (χ4n) is 7.44. The molecule has 0 aromatic carbocycles. The summed E-state index contributed by atoms with van der Waals surface area (Å²) in [6.07, 6.45) is 9.16. The molecule has 13 heteroatoms. The van der Waals surface area contributed by atoms with E-state index in [0.717, 1.165) is 19.3 Å². The van der Waals surface area contributed by atoms with E-state index in [9.17, 15) is 32.4 Å². The van der Waals surface area contributed by atoms with Gasteiger partial charge in [-0.2, -0.15) is 0 Å². The number of piperidine rings is 1. The molecule has 0 aromatic rings. The Morgan fingerprint density at radius 2 is 1.60 bits per heavy atom. The van der Waals surface area contributed by atoms with Crippen molar-refractivity contribution in [3.05, 3.63) is 24.8 Å². The normalized spacial score (nSPS) is 24.0. The Kier molecular flexibility index (Phi) is 12.8. The number of sulfone groups is 1. The van der Waals surface area contributed by atoms with Gasteiger partial charge >= 0.3 is 6.03 Å². The predicted octanol–water partition coefficient (Wildman–Crippen LogP) is 3.81. The van der Waals surface area contributed by atoms with Gasteiger partial charge in [0, 0.05) is 13.1 Å². The third-order valence-corrected chi connectivity index (χ3v) is 13.6. The molecule has 3 rings (SSSR count). The van der Waals surface area contributed by atoms with Crippen LogP contribution in [0.1, 0.15) is 107 Å². The van der Waals surface area contributed by atoms with Crippen LogP contribution in [0.5, 0.6) is 0 Å². The summed E-state index contributed by atoms with van der Waals surface area (Å²) in [6, 6.07) is -3.72. The summed E-state index contributed by atoms with van der Waals surface area (Å²) in [6.45, 7) is 20.4. The molecular weight excluding hydrogens is 659 g/mol. The third-order valence-electron chi connectivity index (χ3n) is 10.8. The number of hydrogen-bond acceptors (Lipinski definition) is 7. The molecule has 0 bridgehead atoms. The number of carbonyl (C=O) groups is 5. The molecule has 0 radical (unpaired) electrons. The average molecular weight is 720 g/mol. The van der Waals surface area contributed by atoms with Crippen LogP contribution in [0.3, 0.4) is 0 Å². The van der Waals surface area contributed by atoms with Crippen LogP contribution < -0.4 is 21.3 Å². The number of allylic oxidation sites excluding steroid dienone is 1. The molecule has 12 nitrogen and oxygen atoms in total. The summed E-state index contributed by atoms with van der Waals surface area (Å²) in [7, 11) is -3.57. The Bertz CT molecular complexity index is 1450. The van der Waals surface area contributed by atoms with Gasteiger partial charge in [-0.05, 0) is 76.0 Å². The molecule has 2 aliphatic carbocycles. The molecule has 5 atom stereocenters. The largest absolute Gasteiger partial charge is 0.349 e. The van der Waals surface area contributed by atoms with Crippen molar-refractivity contribution >= 4 is 39.4 Å². The van der Waals surface area contributed by atoms with E-state index in [2.05, 4.69) is 27.8 Å². The fraction of sp³-hybridized carbons (Fsp3) is 0.757. The van der Waals surface area contributed by atoms with E-state index >= 15 is 0 Å². The van der Waals surface area contributed by atoms with E-state index in [1.165, 1.54) is 4.90 Å². The number of likely N-dealkylation sites (tertiary alicyclic amines) is 1. The number of nitrogens with zero attached hydrogens (tertiary/aromatic N) is 1. The Hall–Kier alpha value is -3.22. The number of hydrogen-bond donors (Lipinski definition) is 4. The highest BCUT2D eigenvalue weighted by Gasteiger charge is 2.70. The van der Waals surface area contributed by atoms with Crippen LogP contribution in [-0.4, -0.2) is 90.1 Å². The molecule has 3 fully saturated rings. The van der Waals surface area contributed by atoms with Gasteiger partial charge in [0.15, 0.2) is 9.84 Å². The molecule has 0 spiro atoms. The van der Waals surface area contributed by atoms with Gasteiger partial charge in [0.2, 0.25) is 17.6 Å². The van der Waals surface area contributed by atoms with E-state index in [4.69, 9.17) is 0 Å². The first-order valence-electron chi connectivity index (χ1n) is 18.0. The molecule has 282 valence electrons. The molecule has 3 unspecified atom stereocenters. The Morgan fingerprint density at radius 1 is 0.980 bits per heavy atom. The molecule has 2 saturated carbocycles. The van der Waals surface area contributed by atoms with Crippen LogP contribution in [-0.2, 0) is 29.0 Å². The highest BCUT2D eigenvalue weighted by Crippen LogP contribution is 2.65. The lowest BCUT2D eigenvalue weighted by Gasteiger charge is -2.41. The molecule has 1 aliphatic heterocycles. The van der Waals surface area contributed by atoms with E-state index < -0.39 is 73.2 Å². The summed E-state index contributed by atoms with van der Waals surface area (Å²) < 4.78 is 25.6. The maximum absolute atomic E-state index is 14.5. The Labute approximate surface area is 299 Å². The van der Waals surface area contributed by atoms with Crippen molar-refractivity contribution in [2.24, 2.45) is 22.7 Å². The lowest BCUT2D eigenvalue weighted by atomic mass is 9.83. The number of amides is 5. The van der Waals surface area contributed by atoms with Gasteiger partial charge in [-0.1, -0.05) is 72.1 Å². The van der Waals surface area contributed by atoms with Crippen molar-refractivity contribution in [3.63, 3.8) is 0 Å². The summed E-state index contributed by atoms with van der Waals surface area (Å²) in [5.41, 5.74) is -1.96. The summed E-state index contributed by atoms with van der Waals surface area (Å²) in [5, 5.41) is 11.2. The van der Waals surface area contributed by atoms with Crippen molar-refractivity contribution in [2.45, 2.75) is 136 Å². The molecule has 0 aromatic heterocycles. The second-order valence-electron chi connectivity index (χ2n) is 17.1. The lowest BCUT2D eigenvalue weighted by molar-refractivity contribution is -0.145. The first-order valence-corrected chi connectivity index (χ1v) is 19.6. The van der Waals surface area contributed by atoms with Crippen molar-refractivity contribution < 1.29 is 32.4 Å². The first-order chi connectivity index (χ1) is 23.0. The standard InChI is InChI=1S/C37H61N5O7S/c1-11-13-18-25(28(43)31(45)38-21-14-12-2)39-30(44)27-26-24(36(26,9)10)22-42(27)32(46)29(34(3,4)5)40-33(47)41-37(19-16-15-17-20-37)23-50(48,49)35(6,7)8/h11-13,24-27,29H,2,14-23H2,1,3-10H3,(H,38,45)(H,39,44)(H2,40,41,47)/b13-11+/t24?,25?,26?,27-,29+/m0/s1. The molecule has 1 heterocycles. The topological polar surface area (TPSA) is 171 Å². The van der Waals surface area contributed by atoms with Crippen LogP contribution in [0.4, 0.5) is 4.79 Å². The number of ketones is 1. The molecule has 3 aliphatic rings. The van der Waals surface area contributed by atoms with E-state index in [1.807, 2.05) is 34.6 Å². The monoisotopic (exact) mass is 719 g/mol. The highest BCUT2D eigenvalue weighted by molar-refractivity contribution is 7.92. The van der Waals surface area contributed by atoms with Gasteiger partial charge in [0.1, 0.15) is 18.1 Å². The Morgan fingerprint density at radius 3 is 2.14 bits per heavy atom. The minimum atomic E-state index is -3.57. The van der Waals surface area contributed by atoms with Gasteiger partial charge in [0.05, 0.1) is 16.0 Å². The first kappa shape index (κ1) is 41.2. The Balaban J connectivity index is 1.86. The van der Waals surface area contributed by atoms with Gasteiger partial charge < -0.3 is 26.2 Å². The van der Waals surface area contributed by atoms with Crippen LogP contribution in [0.25, 0.3) is 0 Å². The second-order valence-corrected chi connectivity index (χ2v) is 19.8. The van der Waals surface area contributed by atoms with Crippen LogP contribution in [0.15, 0.2) is 24.8 Å². The van der Waals surface area contributed by atoms with Gasteiger partial charge in [-0.3, -0.25) is 19.2 Å². The number of Topliss-reactive ketones (excluding diaryl/α,β-unsaturated/α-hetero) is 1. The average Bonchev–Trinajstić information content (AvgIpc) is 3.31. The predicted molar refractivity (Wildman–Crippen MR) is 195 cm³/mol. The van der Waals surface area contributed by atoms with Crippen molar-refractivity contribution in [3.8, 4) is 0 Å². The quantitative estimate of drug-likeness (QED) is 0.120. The second kappa shape index (κ2) is 15.6. The SMILES string of the molecule is C=CCCNC(=O)C(=O)C(C/C=C/C)NC(=O)[C@@H]1C2C(CN1C(=O)[C@@H](NC(=O)NC1(CS(=O)(=O)C(C)(C)C)CCCCC1)C(C)(C)C)C2(C)C. The smallest absolute Gasteiger partial charge is 0.315 e. The molecule has 1 saturated heterocycles. The lowest BCUT2D eigenvalue weighted by Crippen LogP contribution is -2.64. The highest BCUT2D eigenvalue weighted by atomic mass is 32.2. The zero-order chi connectivity index (χ0) is 37.9. The minimum Gasteiger partial charge on any atom is -0.349 e. The molecule has 5 amide bonds. The number of urea groups is 1. The number of rotatable bonds is 14. The summed E-state index contributed by atoms with van der Waals surface area (Å²) in [5.74, 6) is -2.88. The van der Waals surface area contributed by atoms with Crippen LogP contribution >= 0.6 is 0 Å². The van der Waals surface area contributed by atoms with E-state index in [1.54, 1.807) is 45.9 Å². The number of carbonyl (C=O) groups excluding carboxylic acids is 5. The number of nitrogens with one attached hydrogen (secondary N) is 4. The van der Waals surface area contributed by atoms with Gasteiger partial charge in [-0.15, -0.1) is 6.58 Å². The molecule has 4 N–H and O–H groups in total. The molecular formula is C37H61N5O7S.